The van der Waals surface area contributed by atoms with Gasteiger partial charge in [-0.25, -0.2) is 4.68 Å². The van der Waals surface area contributed by atoms with Crippen LogP contribution in [0.1, 0.15) is 35.7 Å². The van der Waals surface area contributed by atoms with Crippen molar-refractivity contribution in [3.63, 3.8) is 0 Å². The zero-order valence-electron chi connectivity index (χ0n) is 10.1. The molecule has 0 radical (unpaired) electrons. The number of nitrogens with two attached hydrogens (primary N) is 1. The molecule has 0 fully saturated rings. The molecular formula is C14H17N3. The quantitative estimate of drug-likeness (QED) is 0.813. The van der Waals surface area contributed by atoms with Crippen molar-refractivity contribution < 1.29 is 0 Å². The first-order valence-corrected chi connectivity index (χ1v) is 6.15. The van der Waals surface area contributed by atoms with Crippen LogP contribution in [-0.2, 0) is 6.42 Å². The molecule has 1 aliphatic rings. The summed E-state index contributed by atoms with van der Waals surface area (Å²) in [5, 5.41) is 4.50. The monoisotopic (exact) mass is 227 g/mol. The van der Waals surface area contributed by atoms with Gasteiger partial charge in [-0.2, -0.15) is 5.10 Å². The van der Waals surface area contributed by atoms with Crippen LogP contribution in [-0.4, -0.2) is 9.78 Å². The van der Waals surface area contributed by atoms with E-state index in [-0.39, 0.29) is 6.04 Å². The molecule has 2 N–H and O–H groups in total. The Kier molecular flexibility index (Phi) is 2.48. The summed E-state index contributed by atoms with van der Waals surface area (Å²) in [4.78, 5) is 0. The van der Waals surface area contributed by atoms with E-state index in [4.69, 9.17) is 5.73 Å². The van der Waals surface area contributed by atoms with Gasteiger partial charge in [-0.15, -0.1) is 0 Å². The smallest absolute Gasteiger partial charge is 0.0651 e. The van der Waals surface area contributed by atoms with E-state index in [9.17, 15) is 0 Å². The van der Waals surface area contributed by atoms with Crippen molar-refractivity contribution in [2.75, 3.05) is 0 Å². The van der Waals surface area contributed by atoms with Gasteiger partial charge in [0, 0.05) is 17.3 Å². The molecule has 0 aliphatic heterocycles. The van der Waals surface area contributed by atoms with Gasteiger partial charge < -0.3 is 5.73 Å². The maximum atomic E-state index is 6.11. The second kappa shape index (κ2) is 4.00. The van der Waals surface area contributed by atoms with E-state index in [1.165, 1.54) is 16.8 Å². The molecule has 1 aromatic carbocycles. The maximum absolute atomic E-state index is 6.11. The third-order valence-electron chi connectivity index (χ3n) is 3.48. The summed E-state index contributed by atoms with van der Waals surface area (Å²) in [6.07, 6.45) is 5.25. The van der Waals surface area contributed by atoms with Crippen LogP contribution in [0.15, 0.2) is 30.5 Å². The Bertz CT molecular complexity index is 542. The van der Waals surface area contributed by atoms with E-state index in [2.05, 4.69) is 36.3 Å². The fraction of sp³-hybridized carbons (Fsp3) is 0.357. The van der Waals surface area contributed by atoms with Crippen molar-refractivity contribution >= 4 is 0 Å². The van der Waals surface area contributed by atoms with Gasteiger partial charge in [0.2, 0.25) is 0 Å². The van der Waals surface area contributed by atoms with Crippen LogP contribution in [0.3, 0.4) is 0 Å². The van der Waals surface area contributed by atoms with Crippen molar-refractivity contribution in [1.82, 2.24) is 9.78 Å². The first-order chi connectivity index (χ1) is 8.25. The lowest BCUT2D eigenvalue weighted by Gasteiger charge is -2.19. The third kappa shape index (κ3) is 1.76. The van der Waals surface area contributed by atoms with Gasteiger partial charge in [0.1, 0.15) is 0 Å². The lowest BCUT2D eigenvalue weighted by Crippen LogP contribution is -2.17. The van der Waals surface area contributed by atoms with E-state index < -0.39 is 0 Å². The SMILES string of the molecule is Cc1cccc(-n2ncc3c2CCC[C@@H]3N)c1. The minimum absolute atomic E-state index is 0.164. The van der Waals surface area contributed by atoms with Crippen molar-refractivity contribution in [3.05, 3.63) is 47.3 Å². The molecular weight excluding hydrogens is 210 g/mol. The summed E-state index contributed by atoms with van der Waals surface area (Å²) < 4.78 is 2.04. The zero-order chi connectivity index (χ0) is 11.8. The summed E-state index contributed by atoms with van der Waals surface area (Å²) in [5.74, 6) is 0. The molecule has 1 aliphatic carbocycles. The van der Waals surface area contributed by atoms with Crippen molar-refractivity contribution in [3.8, 4) is 5.69 Å². The van der Waals surface area contributed by atoms with Crippen LogP contribution >= 0.6 is 0 Å². The second-order valence-corrected chi connectivity index (χ2v) is 4.80. The van der Waals surface area contributed by atoms with E-state index >= 15 is 0 Å². The molecule has 0 saturated heterocycles. The Morgan fingerprint density at radius 2 is 2.29 bits per heavy atom. The standard InChI is InChI=1S/C14H17N3/c1-10-4-2-5-11(8-10)17-14-7-3-6-13(15)12(14)9-16-17/h2,4-5,8-9,13H,3,6-7,15H2,1H3/t13-/m0/s1. The highest BCUT2D eigenvalue weighted by atomic mass is 15.3. The number of fused-ring (bicyclic) bond motifs is 1. The maximum Gasteiger partial charge on any atom is 0.0651 e. The van der Waals surface area contributed by atoms with E-state index in [1.54, 1.807) is 0 Å². The van der Waals surface area contributed by atoms with Gasteiger partial charge in [0.05, 0.1) is 11.9 Å². The molecule has 1 heterocycles. The molecule has 3 nitrogen and oxygen atoms in total. The average Bonchev–Trinajstić information content (AvgIpc) is 2.74. The highest BCUT2D eigenvalue weighted by Crippen LogP contribution is 2.29. The van der Waals surface area contributed by atoms with Crippen LogP contribution < -0.4 is 5.73 Å². The van der Waals surface area contributed by atoms with Gasteiger partial charge in [0.25, 0.3) is 0 Å². The van der Waals surface area contributed by atoms with Crippen molar-refractivity contribution in [1.29, 1.82) is 0 Å². The Morgan fingerprint density at radius 1 is 1.41 bits per heavy atom. The molecule has 0 saturated carbocycles. The first kappa shape index (κ1) is 10.5. The molecule has 88 valence electrons. The highest BCUT2D eigenvalue weighted by molar-refractivity contribution is 5.39. The van der Waals surface area contributed by atoms with Crippen LogP contribution in [0.2, 0.25) is 0 Å². The average molecular weight is 227 g/mol. The Balaban J connectivity index is 2.10. The largest absolute Gasteiger partial charge is 0.324 e. The molecule has 0 unspecified atom stereocenters. The van der Waals surface area contributed by atoms with E-state index in [0.29, 0.717) is 0 Å². The van der Waals surface area contributed by atoms with Gasteiger partial charge in [-0.3, -0.25) is 0 Å². The first-order valence-electron chi connectivity index (χ1n) is 6.15. The van der Waals surface area contributed by atoms with Gasteiger partial charge in [0.15, 0.2) is 0 Å². The lowest BCUT2D eigenvalue weighted by atomic mass is 9.94. The van der Waals surface area contributed by atoms with Crippen LogP contribution in [0.5, 0.6) is 0 Å². The van der Waals surface area contributed by atoms with Crippen LogP contribution in [0, 0.1) is 6.92 Å². The predicted molar refractivity (Wildman–Crippen MR) is 68.2 cm³/mol. The number of hydrogen-bond donors (Lipinski definition) is 1. The molecule has 1 aromatic heterocycles. The number of rotatable bonds is 1. The predicted octanol–water partition coefficient (Wildman–Crippen LogP) is 2.52. The summed E-state index contributed by atoms with van der Waals surface area (Å²) in [6, 6.07) is 8.60. The second-order valence-electron chi connectivity index (χ2n) is 4.80. The fourth-order valence-corrected chi connectivity index (χ4v) is 2.57. The van der Waals surface area contributed by atoms with Gasteiger partial charge in [-0.05, 0) is 43.9 Å². The molecule has 1 atom stereocenters. The van der Waals surface area contributed by atoms with E-state index in [0.717, 1.165) is 24.9 Å². The normalized spacial score (nSPS) is 19.1. The number of hydrogen-bond acceptors (Lipinski definition) is 2. The summed E-state index contributed by atoms with van der Waals surface area (Å²) in [5.41, 5.74) is 11.0. The molecule has 0 bridgehead atoms. The van der Waals surface area contributed by atoms with Crippen LogP contribution in [0.25, 0.3) is 5.69 Å². The van der Waals surface area contributed by atoms with Crippen molar-refractivity contribution in [2.24, 2.45) is 5.73 Å². The summed E-state index contributed by atoms with van der Waals surface area (Å²) >= 11 is 0. The number of benzene rings is 1. The fourth-order valence-electron chi connectivity index (χ4n) is 2.57. The Labute approximate surface area is 101 Å². The Morgan fingerprint density at radius 3 is 3.12 bits per heavy atom. The summed E-state index contributed by atoms with van der Waals surface area (Å²) in [7, 11) is 0. The molecule has 2 aromatic rings. The molecule has 3 rings (SSSR count). The Hall–Kier alpha value is -1.61. The number of aryl methyl sites for hydroxylation is 1. The third-order valence-corrected chi connectivity index (χ3v) is 3.48. The highest BCUT2D eigenvalue weighted by Gasteiger charge is 2.21. The van der Waals surface area contributed by atoms with E-state index in [1.807, 2.05) is 10.9 Å². The number of aromatic nitrogens is 2. The van der Waals surface area contributed by atoms with Gasteiger partial charge >= 0.3 is 0 Å². The molecule has 17 heavy (non-hydrogen) atoms. The topological polar surface area (TPSA) is 43.8 Å². The molecule has 0 spiro atoms. The number of nitrogens with zero attached hydrogens (tertiary/aromatic N) is 2. The van der Waals surface area contributed by atoms with Gasteiger partial charge in [-0.1, -0.05) is 12.1 Å². The lowest BCUT2D eigenvalue weighted by molar-refractivity contribution is 0.558. The van der Waals surface area contributed by atoms with Crippen LogP contribution in [0.4, 0.5) is 0 Å². The minimum atomic E-state index is 0.164. The molecule has 0 amide bonds. The minimum Gasteiger partial charge on any atom is -0.324 e. The molecule has 3 heteroatoms. The zero-order valence-corrected chi connectivity index (χ0v) is 10.1. The van der Waals surface area contributed by atoms with Crippen molar-refractivity contribution in [2.45, 2.75) is 32.2 Å². The summed E-state index contributed by atoms with van der Waals surface area (Å²) in [6.45, 7) is 2.10.